The maximum atomic E-state index is 12.7. The molecule has 3 aliphatic heterocycles. The van der Waals surface area contributed by atoms with Crippen molar-refractivity contribution in [2.45, 2.75) is 45.0 Å². The highest BCUT2D eigenvalue weighted by atomic mass is 16.7. The Bertz CT molecular complexity index is 1030. The Morgan fingerprint density at radius 2 is 2.00 bits per heavy atom. The molecule has 1 aromatic carbocycles. The van der Waals surface area contributed by atoms with Crippen LogP contribution in [-0.4, -0.2) is 85.0 Å². The first kappa shape index (κ1) is 22.2. The quantitative estimate of drug-likeness (QED) is 0.615. The predicted molar refractivity (Wildman–Crippen MR) is 122 cm³/mol. The lowest BCUT2D eigenvalue weighted by Gasteiger charge is -2.34. The number of Topliss-reactive ketones (excluding diaryl/α,β-unsaturated/α-hetero) is 1. The number of nitrogens with zero attached hydrogens (tertiary/aromatic N) is 4. The van der Waals surface area contributed by atoms with Crippen molar-refractivity contribution < 1.29 is 23.8 Å². The summed E-state index contributed by atoms with van der Waals surface area (Å²) in [5.74, 6) is 0.494. The zero-order valence-electron chi connectivity index (χ0n) is 19.0. The molecule has 0 radical (unpaired) electrons. The van der Waals surface area contributed by atoms with Crippen LogP contribution in [0.4, 0.5) is 5.82 Å². The number of carbonyl (C=O) groups excluding carboxylic acids is 2. The van der Waals surface area contributed by atoms with Crippen molar-refractivity contribution in [1.82, 2.24) is 14.9 Å². The monoisotopic (exact) mass is 454 g/mol. The third kappa shape index (κ3) is 4.85. The summed E-state index contributed by atoms with van der Waals surface area (Å²) in [7, 11) is 0. The lowest BCUT2D eigenvalue weighted by atomic mass is 10.0. The molecule has 2 atom stereocenters. The fraction of sp³-hybridized carbons (Fsp3) is 0.583. The lowest BCUT2D eigenvalue weighted by Crippen LogP contribution is -2.45. The van der Waals surface area contributed by atoms with Crippen molar-refractivity contribution in [3.05, 3.63) is 29.5 Å². The number of amides is 1. The van der Waals surface area contributed by atoms with Gasteiger partial charge in [-0.25, -0.2) is 4.98 Å². The number of benzene rings is 1. The van der Waals surface area contributed by atoms with E-state index in [4.69, 9.17) is 19.2 Å². The van der Waals surface area contributed by atoms with Crippen molar-refractivity contribution in [3.8, 4) is 0 Å². The molecule has 0 aliphatic carbocycles. The van der Waals surface area contributed by atoms with Crippen LogP contribution in [0.15, 0.2) is 18.3 Å². The molecule has 0 N–H and O–H groups in total. The zero-order chi connectivity index (χ0) is 22.8. The number of carbonyl (C=O) groups is 2. The minimum atomic E-state index is -0.149. The van der Waals surface area contributed by atoms with Crippen LogP contribution in [0, 0.1) is 0 Å². The maximum Gasteiger partial charge on any atom is 0.253 e. The summed E-state index contributed by atoms with van der Waals surface area (Å²) >= 11 is 0. The van der Waals surface area contributed by atoms with Gasteiger partial charge in [-0.15, -0.1) is 0 Å². The summed E-state index contributed by atoms with van der Waals surface area (Å²) in [5, 5.41) is 0. The molecule has 3 saturated heterocycles. The summed E-state index contributed by atoms with van der Waals surface area (Å²) in [5.41, 5.74) is 1.99. The molecule has 2 aromatic rings. The molecule has 9 heteroatoms. The molecule has 1 aromatic heterocycles. The average molecular weight is 455 g/mol. The molecular weight excluding hydrogens is 424 g/mol. The summed E-state index contributed by atoms with van der Waals surface area (Å²) in [6, 6.07) is 3.39. The first-order valence-electron chi connectivity index (χ1n) is 11.8. The predicted octanol–water partition coefficient (Wildman–Crippen LogP) is 2.43. The Balaban J connectivity index is 1.34. The molecule has 3 aliphatic rings. The normalized spacial score (nSPS) is 23.4. The first-order chi connectivity index (χ1) is 16.1. The van der Waals surface area contributed by atoms with E-state index in [0.717, 1.165) is 45.4 Å². The second-order valence-corrected chi connectivity index (χ2v) is 8.89. The minimum Gasteiger partial charge on any atom is -0.372 e. The molecular formula is C24H30N4O5. The largest absolute Gasteiger partial charge is 0.372 e. The van der Waals surface area contributed by atoms with Crippen LogP contribution in [0.5, 0.6) is 0 Å². The number of rotatable bonds is 6. The molecule has 5 rings (SSSR count). The van der Waals surface area contributed by atoms with Gasteiger partial charge in [-0.2, -0.15) is 0 Å². The van der Waals surface area contributed by atoms with Gasteiger partial charge in [-0.05, 0) is 44.7 Å². The van der Waals surface area contributed by atoms with E-state index in [-0.39, 0.29) is 24.1 Å². The lowest BCUT2D eigenvalue weighted by molar-refractivity contribution is -0.180. The number of aromatic nitrogens is 2. The van der Waals surface area contributed by atoms with Gasteiger partial charge in [-0.3, -0.25) is 14.6 Å². The number of morpholine rings is 1. The third-order valence-electron chi connectivity index (χ3n) is 6.47. The maximum absolute atomic E-state index is 12.7. The molecule has 0 saturated carbocycles. The zero-order valence-corrected chi connectivity index (χ0v) is 19.0. The van der Waals surface area contributed by atoms with Gasteiger partial charge in [0.1, 0.15) is 11.3 Å². The smallest absolute Gasteiger partial charge is 0.253 e. The van der Waals surface area contributed by atoms with Crippen LogP contribution in [0.2, 0.25) is 0 Å². The fourth-order valence-corrected chi connectivity index (χ4v) is 4.44. The van der Waals surface area contributed by atoms with Gasteiger partial charge in [0.2, 0.25) is 0 Å². The van der Waals surface area contributed by atoms with E-state index in [2.05, 4.69) is 9.88 Å². The number of fused-ring (bicyclic) bond motifs is 1. The summed E-state index contributed by atoms with van der Waals surface area (Å²) in [4.78, 5) is 38.3. The molecule has 0 bridgehead atoms. The summed E-state index contributed by atoms with van der Waals surface area (Å²) in [6.07, 6.45) is 5.61. The molecule has 1 amide bonds. The Labute approximate surface area is 193 Å². The van der Waals surface area contributed by atoms with E-state index >= 15 is 0 Å². The topological polar surface area (TPSA) is 94.1 Å². The Kier molecular flexibility index (Phi) is 6.52. The number of anilines is 1. The Morgan fingerprint density at radius 1 is 1.12 bits per heavy atom. The standard InChI is InChI=1S/C24H30N4O5/c1-16(29)19-11-17(24(30)27-6-4-7-27)12-20-23(19)26-21(13-25-20)28-8-10-31-18(14-28)15-33-22-5-2-3-9-32-22/h11-13,18,22H,2-10,14-15H2,1H3/t18-,22?/m0/s1. The highest BCUT2D eigenvalue weighted by Crippen LogP contribution is 2.25. The second kappa shape index (κ2) is 9.70. The van der Waals surface area contributed by atoms with Crippen molar-refractivity contribution >= 4 is 28.5 Å². The van der Waals surface area contributed by atoms with Gasteiger partial charge < -0.3 is 24.0 Å². The van der Waals surface area contributed by atoms with Crippen LogP contribution in [0.1, 0.15) is 53.3 Å². The Hall–Kier alpha value is -2.62. The third-order valence-corrected chi connectivity index (χ3v) is 6.47. The average Bonchev–Trinajstić information content (AvgIpc) is 2.81. The van der Waals surface area contributed by atoms with Crippen LogP contribution in [0.25, 0.3) is 11.0 Å². The van der Waals surface area contributed by atoms with Crippen LogP contribution >= 0.6 is 0 Å². The molecule has 4 heterocycles. The fourth-order valence-electron chi connectivity index (χ4n) is 4.44. The molecule has 9 nitrogen and oxygen atoms in total. The minimum absolute atomic E-state index is 0.0607. The number of ether oxygens (including phenoxy) is 3. The van der Waals surface area contributed by atoms with Crippen molar-refractivity contribution in [1.29, 1.82) is 0 Å². The summed E-state index contributed by atoms with van der Waals surface area (Å²) < 4.78 is 17.4. The number of hydrogen-bond acceptors (Lipinski definition) is 8. The van der Waals surface area contributed by atoms with Crippen molar-refractivity contribution in [2.24, 2.45) is 0 Å². The first-order valence-corrected chi connectivity index (χ1v) is 11.8. The van der Waals surface area contributed by atoms with Gasteiger partial charge in [0, 0.05) is 43.9 Å². The van der Waals surface area contributed by atoms with Gasteiger partial charge in [-0.1, -0.05) is 0 Å². The van der Waals surface area contributed by atoms with E-state index in [1.54, 1.807) is 23.2 Å². The van der Waals surface area contributed by atoms with Crippen LogP contribution in [0.3, 0.4) is 0 Å². The molecule has 1 unspecified atom stereocenters. The number of hydrogen-bond donors (Lipinski definition) is 0. The van der Waals surface area contributed by atoms with Gasteiger partial charge in [0.05, 0.1) is 31.0 Å². The van der Waals surface area contributed by atoms with Crippen LogP contribution < -0.4 is 4.90 Å². The van der Waals surface area contributed by atoms with Gasteiger partial charge in [0.15, 0.2) is 12.1 Å². The molecule has 3 fully saturated rings. The molecule has 0 spiro atoms. The van der Waals surface area contributed by atoms with Gasteiger partial charge >= 0.3 is 0 Å². The SMILES string of the molecule is CC(=O)c1cc(C(=O)N2CCC2)cc2ncc(N3CCO[C@H](COC4CCCCO4)C3)nc12. The highest BCUT2D eigenvalue weighted by Gasteiger charge is 2.26. The Morgan fingerprint density at radius 3 is 2.73 bits per heavy atom. The van der Waals surface area contributed by atoms with Crippen LogP contribution in [-0.2, 0) is 14.2 Å². The molecule has 176 valence electrons. The second-order valence-electron chi connectivity index (χ2n) is 8.89. The van der Waals surface area contributed by atoms with E-state index in [0.29, 0.717) is 54.3 Å². The number of ketones is 1. The molecule has 33 heavy (non-hydrogen) atoms. The summed E-state index contributed by atoms with van der Waals surface area (Å²) in [6.45, 7) is 6.07. The van der Waals surface area contributed by atoms with E-state index in [1.807, 2.05) is 0 Å². The number of likely N-dealkylation sites (tertiary alicyclic amines) is 1. The van der Waals surface area contributed by atoms with Crippen molar-refractivity contribution in [3.63, 3.8) is 0 Å². The van der Waals surface area contributed by atoms with Gasteiger partial charge in [0.25, 0.3) is 5.91 Å². The van der Waals surface area contributed by atoms with E-state index in [1.165, 1.54) is 6.92 Å². The van der Waals surface area contributed by atoms with E-state index in [9.17, 15) is 9.59 Å². The van der Waals surface area contributed by atoms with E-state index < -0.39 is 0 Å². The highest BCUT2D eigenvalue weighted by molar-refractivity contribution is 6.08. The van der Waals surface area contributed by atoms with Crippen molar-refractivity contribution in [2.75, 3.05) is 50.9 Å².